The lowest BCUT2D eigenvalue weighted by Gasteiger charge is -2.10. The van der Waals surface area contributed by atoms with Gasteiger partial charge >= 0.3 is 0 Å². The van der Waals surface area contributed by atoms with Crippen molar-refractivity contribution in [3.05, 3.63) is 74.3 Å². The lowest BCUT2D eigenvalue weighted by Crippen LogP contribution is -1.97. The average molecular weight is 417 g/mol. The van der Waals surface area contributed by atoms with Crippen molar-refractivity contribution in [1.29, 1.82) is 0 Å². The van der Waals surface area contributed by atoms with Crippen LogP contribution in [0.2, 0.25) is 10.0 Å². The molecule has 0 aliphatic rings. The molecule has 0 atom stereocenters. The van der Waals surface area contributed by atoms with E-state index in [9.17, 15) is 10.1 Å². The van der Waals surface area contributed by atoms with E-state index in [-0.39, 0.29) is 10.7 Å². The highest BCUT2D eigenvalue weighted by Crippen LogP contribution is 2.38. The third-order valence-electron chi connectivity index (χ3n) is 3.94. The Labute approximate surface area is 167 Å². The first-order chi connectivity index (χ1) is 13.0. The molecule has 4 rings (SSSR count). The van der Waals surface area contributed by atoms with Gasteiger partial charge in [-0.2, -0.15) is 0 Å². The van der Waals surface area contributed by atoms with E-state index in [1.807, 2.05) is 29.6 Å². The molecule has 0 saturated heterocycles. The molecule has 1 N–H and O–H groups in total. The van der Waals surface area contributed by atoms with Crippen molar-refractivity contribution in [2.24, 2.45) is 0 Å². The number of nitrogens with zero attached hydrogens (tertiary/aromatic N) is 3. The molecule has 0 unspecified atom stereocenters. The summed E-state index contributed by atoms with van der Waals surface area (Å²) in [4.78, 5) is 19.9. The Kier molecular flexibility index (Phi) is 4.65. The Morgan fingerprint density at radius 3 is 2.56 bits per heavy atom. The molecule has 9 heteroatoms. The Hall–Kier alpha value is -2.74. The Bertz CT molecular complexity index is 1160. The van der Waals surface area contributed by atoms with E-state index >= 15 is 0 Å². The van der Waals surface area contributed by atoms with E-state index in [0.717, 1.165) is 21.3 Å². The van der Waals surface area contributed by atoms with Crippen LogP contribution in [-0.4, -0.2) is 14.9 Å². The summed E-state index contributed by atoms with van der Waals surface area (Å²) >= 11 is 13.7. The number of hydrogen-bond donors (Lipinski definition) is 1. The Morgan fingerprint density at radius 1 is 1.07 bits per heavy atom. The standard InChI is InChI=1S/C18H10Cl2N4O2S/c19-11-3-1-10(2-4-11)13-8-27-18-16(13)17(21-9-22-18)23-15-6-5-12(24(25)26)7-14(15)20/h1-9H,(H,21,22,23). The fraction of sp³-hybridized carbons (Fsp3) is 0. The summed E-state index contributed by atoms with van der Waals surface area (Å²) in [6.07, 6.45) is 1.46. The minimum Gasteiger partial charge on any atom is -0.338 e. The van der Waals surface area contributed by atoms with Gasteiger partial charge in [0, 0.05) is 28.1 Å². The zero-order valence-corrected chi connectivity index (χ0v) is 15.8. The average Bonchev–Trinajstić information content (AvgIpc) is 3.09. The highest BCUT2D eigenvalue weighted by atomic mass is 35.5. The monoisotopic (exact) mass is 416 g/mol. The van der Waals surface area contributed by atoms with E-state index < -0.39 is 4.92 Å². The number of halogens is 2. The van der Waals surface area contributed by atoms with Crippen LogP contribution in [0, 0.1) is 10.1 Å². The number of thiophene rings is 1. The van der Waals surface area contributed by atoms with E-state index in [2.05, 4.69) is 15.3 Å². The van der Waals surface area contributed by atoms with E-state index in [1.165, 1.54) is 29.8 Å². The van der Waals surface area contributed by atoms with E-state index in [4.69, 9.17) is 23.2 Å². The van der Waals surface area contributed by atoms with Crippen LogP contribution in [0.3, 0.4) is 0 Å². The minimum atomic E-state index is -0.490. The summed E-state index contributed by atoms with van der Waals surface area (Å²) in [7, 11) is 0. The molecule has 2 heterocycles. The second kappa shape index (κ2) is 7.11. The highest BCUT2D eigenvalue weighted by molar-refractivity contribution is 7.17. The normalized spacial score (nSPS) is 10.9. The van der Waals surface area contributed by atoms with Gasteiger partial charge in [-0.1, -0.05) is 35.3 Å². The SMILES string of the molecule is O=[N+]([O-])c1ccc(Nc2ncnc3scc(-c4ccc(Cl)cc4)c23)c(Cl)c1. The lowest BCUT2D eigenvalue weighted by atomic mass is 10.1. The molecule has 2 aromatic heterocycles. The summed E-state index contributed by atoms with van der Waals surface area (Å²) in [6, 6.07) is 11.8. The topological polar surface area (TPSA) is 81.0 Å². The number of aromatic nitrogens is 2. The van der Waals surface area contributed by atoms with Gasteiger partial charge in [-0.3, -0.25) is 10.1 Å². The zero-order chi connectivity index (χ0) is 19.0. The zero-order valence-electron chi connectivity index (χ0n) is 13.5. The highest BCUT2D eigenvalue weighted by Gasteiger charge is 2.15. The van der Waals surface area contributed by atoms with Gasteiger partial charge in [0.05, 0.1) is 21.0 Å². The van der Waals surface area contributed by atoms with Crippen molar-refractivity contribution in [3.8, 4) is 11.1 Å². The summed E-state index contributed by atoms with van der Waals surface area (Å²) in [5, 5.41) is 17.8. The van der Waals surface area contributed by atoms with Crippen LogP contribution < -0.4 is 5.32 Å². The van der Waals surface area contributed by atoms with Crippen LogP contribution in [-0.2, 0) is 0 Å². The van der Waals surface area contributed by atoms with Crippen molar-refractivity contribution in [2.75, 3.05) is 5.32 Å². The number of rotatable bonds is 4. The van der Waals surface area contributed by atoms with Crippen LogP contribution in [0.4, 0.5) is 17.2 Å². The van der Waals surface area contributed by atoms with Gasteiger partial charge in [-0.05, 0) is 23.8 Å². The number of hydrogen-bond acceptors (Lipinski definition) is 6. The van der Waals surface area contributed by atoms with Gasteiger partial charge < -0.3 is 5.32 Å². The van der Waals surface area contributed by atoms with Gasteiger partial charge in [-0.15, -0.1) is 11.3 Å². The van der Waals surface area contributed by atoms with Crippen molar-refractivity contribution in [3.63, 3.8) is 0 Å². The molecule has 134 valence electrons. The molecule has 0 spiro atoms. The maximum atomic E-state index is 10.9. The number of nitrogens with one attached hydrogen (secondary N) is 1. The largest absolute Gasteiger partial charge is 0.338 e. The molecule has 6 nitrogen and oxygen atoms in total. The fourth-order valence-corrected chi connectivity index (χ4v) is 3.92. The fourth-order valence-electron chi connectivity index (χ4n) is 2.66. The summed E-state index contributed by atoms with van der Waals surface area (Å²) < 4.78 is 0. The third kappa shape index (κ3) is 3.44. The second-order valence-electron chi connectivity index (χ2n) is 5.60. The lowest BCUT2D eigenvalue weighted by molar-refractivity contribution is -0.384. The van der Waals surface area contributed by atoms with Crippen LogP contribution in [0.5, 0.6) is 0 Å². The molecule has 0 aliphatic carbocycles. The van der Waals surface area contributed by atoms with Crippen LogP contribution in [0.1, 0.15) is 0 Å². The first-order valence-electron chi connectivity index (χ1n) is 7.72. The summed E-state index contributed by atoms with van der Waals surface area (Å²) in [6.45, 7) is 0. The van der Waals surface area contributed by atoms with Crippen LogP contribution >= 0.6 is 34.5 Å². The summed E-state index contributed by atoms with van der Waals surface area (Å²) in [5.41, 5.74) is 2.40. The number of fused-ring (bicyclic) bond motifs is 1. The second-order valence-corrected chi connectivity index (χ2v) is 7.31. The number of nitro benzene ring substituents is 1. The smallest absolute Gasteiger partial charge is 0.271 e. The first-order valence-corrected chi connectivity index (χ1v) is 9.35. The van der Waals surface area contributed by atoms with Gasteiger partial charge in [0.15, 0.2) is 0 Å². The van der Waals surface area contributed by atoms with Crippen LogP contribution in [0.25, 0.3) is 21.3 Å². The first kappa shape index (κ1) is 17.7. The number of anilines is 2. The molecular formula is C18H10Cl2N4O2S. The predicted molar refractivity (Wildman–Crippen MR) is 109 cm³/mol. The molecule has 0 aliphatic heterocycles. The maximum Gasteiger partial charge on any atom is 0.271 e. The van der Waals surface area contributed by atoms with Crippen molar-refractivity contribution in [2.45, 2.75) is 0 Å². The van der Waals surface area contributed by atoms with E-state index in [0.29, 0.717) is 16.5 Å². The van der Waals surface area contributed by atoms with Crippen molar-refractivity contribution < 1.29 is 4.92 Å². The van der Waals surface area contributed by atoms with Crippen LogP contribution in [0.15, 0.2) is 54.2 Å². The Balaban J connectivity index is 1.80. The molecule has 4 aromatic rings. The van der Waals surface area contributed by atoms with Crippen molar-refractivity contribution >= 4 is 61.9 Å². The van der Waals surface area contributed by atoms with E-state index in [1.54, 1.807) is 6.07 Å². The number of nitro groups is 1. The quantitative estimate of drug-likeness (QED) is 0.311. The Morgan fingerprint density at radius 2 is 1.85 bits per heavy atom. The maximum absolute atomic E-state index is 10.9. The van der Waals surface area contributed by atoms with Gasteiger partial charge in [0.2, 0.25) is 0 Å². The van der Waals surface area contributed by atoms with Gasteiger partial charge in [0.1, 0.15) is 17.0 Å². The molecule has 0 radical (unpaired) electrons. The van der Waals surface area contributed by atoms with Crippen molar-refractivity contribution in [1.82, 2.24) is 9.97 Å². The van der Waals surface area contributed by atoms with Gasteiger partial charge in [0.25, 0.3) is 5.69 Å². The molecule has 0 fully saturated rings. The van der Waals surface area contributed by atoms with Gasteiger partial charge in [-0.25, -0.2) is 9.97 Å². The number of benzene rings is 2. The summed E-state index contributed by atoms with van der Waals surface area (Å²) in [5.74, 6) is 0.571. The predicted octanol–water partition coefficient (Wildman–Crippen LogP) is 6.32. The molecule has 2 aromatic carbocycles. The molecular weight excluding hydrogens is 407 g/mol. The molecule has 0 bridgehead atoms. The molecule has 0 saturated carbocycles. The molecule has 0 amide bonds. The number of non-ortho nitro benzene ring substituents is 1. The molecule has 27 heavy (non-hydrogen) atoms. The third-order valence-corrected chi connectivity index (χ3v) is 5.39. The minimum absolute atomic E-state index is 0.0734.